The summed E-state index contributed by atoms with van der Waals surface area (Å²) >= 11 is 6.25. The molecule has 36 heavy (non-hydrogen) atoms. The molecule has 2 aromatic heterocycles. The number of rotatable bonds is 6. The molecule has 0 amide bonds. The van der Waals surface area contributed by atoms with Crippen molar-refractivity contribution in [1.82, 2.24) is 14.5 Å². The van der Waals surface area contributed by atoms with E-state index in [4.69, 9.17) is 16.6 Å². The summed E-state index contributed by atoms with van der Waals surface area (Å²) in [4.78, 5) is 23.0. The molecule has 0 saturated heterocycles. The molecule has 0 bridgehead atoms. The average Bonchev–Trinajstić information content (AvgIpc) is 3.40. The van der Waals surface area contributed by atoms with Crippen LogP contribution in [0.3, 0.4) is 0 Å². The van der Waals surface area contributed by atoms with Gasteiger partial charge in [0.05, 0.1) is 10.8 Å². The smallest absolute Gasteiger partial charge is 0.271 e. The van der Waals surface area contributed by atoms with Gasteiger partial charge < -0.3 is 5.32 Å². The van der Waals surface area contributed by atoms with E-state index in [2.05, 4.69) is 24.1 Å². The number of aromatic nitrogens is 3. The van der Waals surface area contributed by atoms with Crippen molar-refractivity contribution < 1.29 is 4.21 Å². The zero-order valence-corrected chi connectivity index (χ0v) is 22.9. The van der Waals surface area contributed by atoms with Gasteiger partial charge in [0.15, 0.2) is 0 Å². The van der Waals surface area contributed by atoms with Gasteiger partial charge in [0.1, 0.15) is 10.7 Å². The summed E-state index contributed by atoms with van der Waals surface area (Å²) in [7, 11) is -1.00. The van der Waals surface area contributed by atoms with Gasteiger partial charge >= 0.3 is 0 Å². The second kappa shape index (κ2) is 10.6. The number of fused-ring (bicyclic) bond motifs is 1. The predicted octanol–water partition coefficient (Wildman–Crippen LogP) is 6.93. The van der Waals surface area contributed by atoms with Crippen molar-refractivity contribution >= 4 is 45.1 Å². The molecule has 2 fully saturated rings. The minimum atomic E-state index is -1.00. The Bertz CT molecular complexity index is 1340. The van der Waals surface area contributed by atoms with Crippen LogP contribution in [0.15, 0.2) is 40.2 Å². The molecule has 2 aliphatic rings. The molecule has 1 unspecified atom stereocenters. The highest BCUT2D eigenvalue weighted by molar-refractivity contribution is 7.85. The van der Waals surface area contributed by atoms with E-state index in [1.54, 1.807) is 16.8 Å². The van der Waals surface area contributed by atoms with Crippen molar-refractivity contribution in [3.63, 3.8) is 0 Å². The lowest BCUT2D eigenvalue weighted by atomic mass is 9.81. The number of hydrogen-bond acceptors (Lipinski definition) is 5. The van der Waals surface area contributed by atoms with E-state index in [1.807, 2.05) is 25.1 Å². The van der Waals surface area contributed by atoms with Crippen molar-refractivity contribution in [3.05, 3.63) is 51.4 Å². The first kappa shape index (κ1) is 25.4. The third kappa shape index (κ3) is 5.10. The van der Waals surface area contributed by atoms with Crippen LogP contribution in [0.25, 0.3) is 11.0 Å². The van der Waals surface area contributed by atoms with Crippen molar-refractivity contribution in [2.24, 2.45) is 11.8 Å². The Hall–Kier alpha value is -2.25. The molecule has 0 spiro atoms. The second-order valence-electron chi connectivity index (χ2n) is 10.8. The number of hydrogen-bond donors (Lipinski definition) is 1. The fourth-order valence-corrected chi connectivity index (χ4v) is 7.62. The van der Waals surface area contributed by atoms with Crippen LogP contribution in [0.5, 0.6) is 0 Å². The monoisotopic (exact) mass is 526 g/mol. The minimum Gasteiger partial charge on any atom is -0.324 e. The van der Waals surface area contributed by atoms with Crippen LogP contribution in [-0.4, -0.2) is 24.0 Å². The molecule has 6 nitrogen and oxygen atoms in total. The van der Waals surface area contributed by atoms with Gasteiger partial charge in [-0.25, -0.2) is 4.98 Å². The Balaban J connectivity index is 1.37. The second-order valence-corrected chi connectivity index (χ2v) is 12.9. The van der Waals surface area contributed by atoms with Gasteiger partial charge in [-0.15, -0.1) is 0 Å². The van der Waals surface area contributed by atoms with Gasteiger partial charge in [-0.05, 0) is 87.1 Å². The molecule has 3 aromatic rings. The standard InChI is InChI=1S/C28H35ClN4O2S/c1-17(2)19-8-10-22(11-9-19)36(35)23-12-13-25(18(3)14-23)31-28-30-16-20-15-24(29)27(34)33(26(20)32-28)21-6-4-5-7-21/h12-17,19,21-22H,4-11H2,1-3H3,(H,30,31,32). The van der Waals surface area contributed by atoms with Gasteiger partial charge in [0, 0.05) is 33.5 Å². The summed E-state index contributed by atoms with van der Waals surface area (Å²) in [5.41, 5.74) is 2.28. The van der Waals surface area contributed by atoms with E-state index >= 15 is 0 Å². The van der Waals surface area contributed by atoms with Gasteiger partial charge in [-0.3, -0.25) is 13.6 Å². The van der Waals surface area contributed by atoms with Crippen LogP contribution in [0.4, 0.5) is 11.6 Å². The van der Waals surface area contributed by atoms with Crippen molar-refractivity contribution in [2.75, 3.05) is 5.32 Å². The molecule has 1 aromatic carbocycles. The Labute approximate surface area is 220 Å². The Morgan fingerprint density at radius 3 is 2.47 bits per heavy atom. The topological polar surface area (TPSA) is 76.9 Å². The third-order valence-electron chi connectivity index (χ3n) is 8.06. The van der Waals surface area contributed by atoms with Gasteiger partial charge in [0.2, 0.25) is 5.95 Å². The Morgan fingerprint density at radius 1 is 1.08 bits per heavy atom. The maximum Gasteiger partial charge on any atom is 0.271 e. The molecule has 0 aliphatic heterocycles. The highest BCUT2D eigenvalue weighted by Gasteiger charge is 2.28. The molecule has 2 aliphatic carbocycles. The molecular weight excluding hydrogens is 492 g/mol. The first-order valence-corrected chi connectivity index (χ1v) is 14.8. The number of benzene rings is 1. The van der Waals surface area contributed by atoms with Crippen molar-refractivity contribution in [3.8, 4) is 0 Å². The molecule has 8 heteroatoms. The number of pyridine rings is 1. The highest BCUT2D eigenvalue weighted by Crippen LogP contribution is 2.35. The maximum atomic E-state index is 13.3. The molecule has 2 saturated carbocycles. The summed E-state index contributed by atoms with van der Waals surface area (Å²) < 4.78 is 15.0. The lowest BCUT2D eigenvalue weighted by molar-refractivity contribution is 0.282. The molecule has 1 N–H and O–H groups in total. The molecule has 1 atom stereocenters. The zero-order valence-electron chi connectivity index (χ0n) is 21.3. The quantitative estimate of drug-likeness (QED) is 0.376. The lowest BCUT2D eigenvalue weighted by Crippen LogP contribution is -2.25. The van der Waals surface area contributed by atoms with Crippen molar-refractivity contribution in [2.45, 2.75) is 88.3 Å². The van der Waals surface area contributed by atoms with Crippen LogP contribution >= 0.6 is 11.6 Å². The summed E-state index contributed by atoms with van der Waals surface area (Å²) in [6.07, 6.45) is 10.2. The number of halogens is 1. The number of anilines is 2. The van der Waals surface area contributed by atoms with Crippen LogP contribution in [0.1, 0.15) is 76.8 Å². The molecule has 192 valence electrons. The van der Waals surface area contributed by atoms with Gasteiger partial charge in [-0.2, -0.15) is 4.98 Å². The first-order chi connectivity index (χ1) is 17.3. The molecular formula is C28H35ClN4O2S. The molecule has 5 rings (SSSR count). The van der Waals surface area contributed by atoms with Crippen LogP contribution in [0.2, 0.25) is 5.02 Å². The van der Waals surface area contributed by atoms with Gasteiger partial charge in [-0.1, -0.05) is 38.3 Å². The number of nitrogens with one attached hydrogen (secondary N) is 1. The Morgan fingerprint density at radius 2 is 1.81 bits per heavy atom. The van der Waals surface area contributed by atoms with Crippen LogP contribution < -0.4 is 10.9 Å². The summed E-state index contributed by atoms with van der Waals surface area (Å²) in [6, 6.07) is 7.70. The van der Waals surface area contributed by atoms with E-state index in [1.165, 1.54) is 12.8 Å². The van der Waals surface area contributed by atoms with E-state index in [0.29, 0.717) is 17.5 Å². The van der Waals surface area contributed by atoms with Crippen molar-refractivity contribution in [1.29, 1.82) is 0 Å². The summed E-state index contributed by atoms with van der Waals surface area (Å²) in [6.45, 7) is 6.59. The minimum absolute atomic E-state index is 0.119. The fourth-order valence-electron chi connectivity index (χ4n) is 5.83. The lowest BCUT2D eigenvalue weighted by Gasteiger charge is -2.30. The number of aryl methyl sites for hydroxylation is 1. The Kier molecular flexibility index (Phi) is 7.49. The zero-order chi connectivity index (χ0) is 25.4. The molecule has 0 radical (unpaired) electrons. The predicted molar refractivity (Wildman–Crippen MR) is 148 cm³/mol. The summed E-state index contributed by atoms with van der Waals surface area (Å²) in [5, 5.41) is 4.51. The normalized spacial score (nSPS) is 21.8. The highest BCUT2D eigenvalue weighted by atomic mass is 35.5. The largest absolute Gasteiger partial charge is 0.324 e. The average molecular weight is 527 g/mol. The summed E-state index contributed by atoms with van der Waals surface area (Å²) in [5.74, 6) is 1.89. The molecule has 2 heterocycles. The number of nitrogens with zero attached hydrogens (tertiary/aromatic N) is 3. The van der Waals surface area contributed by atoms with E-state index in [-0.39, 0.29) is 21.9 Å². The van der Waals surface area contributed by atoms with E-state index < -0.39 is 10.8 Å². The first-order valence-electron chi connectivity index (χ1n) is 13.2. The maximum absolute atomic E-state index is 13.3. The third-order valence-corrected chi connectivity index (χ3v) is 10.1. The fraction of sp³-hybridized carbons (Fsp3) is 0.536. The SMILES string of the molecule is Cc1cc(S(=O)C2CCC(C(C)C)CC2)ccc1Nc1ncc2cc(Cl)c(=O)n(C3CCCC3)c2n1. The van der Waals surface area contributed by atoms with Gasteiger partial charge in [0.25, 0.3) is 5.56 Å². The van der Waals surface area contributed by atoms with Crippen LogP contribution in [0, 0.1) is 18.8 Å². The van der Waals surface area contributed by atoms with E-state index in [9.17, 15) is 9.00 Å². The van der Waals surface area contributed by atoms with E-state index in [0.717, 1.165) is 66.0 Å². The van der Waals surface area contributed by atoms with Crippen LogP contribution in [-0.2, 0) is 10.8 Å².